The summed E-state index contributed by atoms with van der Waals surface area (Å²) in [7, 11) is -1.89. The summed E-state index contributed by atoms with van der Waals surface area (Å²) in [6.45, 7) is 0. The fraction of sp³-hybridized carbons (Fsp3) is 0.0588. The van der Waals surface area contributed by atoms with Crippen molar-refractivity contribution in [3.8, 4) is 11.1 Å². The van der Waals surface area contributed by atoms with Crippen LogP contribution < -0.4 is 0 Å². The lowest BCUT2D eigenvalue weighted by Gasteiger charge is -2.06. The molecule has 0 saturated carbocycles. The average molecular weight is 412 g/mol. The number of benzene rings is 1. The van der Waals surface area contributed by atoms with Crippen LogP contribution in [0.1, 0.15) is 5.56 Å². The van der Waals surface area contributed by atoms with Gasteiger partial charge in [-0.3, -0.25) is 9.48 Å². The number of carbonyl (C=O) groups is 1. The third-order valence-electron chi connectivity index (χ3n) is 3.56. The van der Waals surface area contributed by atoms with Gasteiger partial charge in [0.05, 0.1) is 11.1 Å². The molecular weight excluding hydrogens is 397 g/mol. The highest BCUT2D eigenvalue weighted by atomic mass is 35.5. The molecule has 3 rings (SSSR count). The van der Waals surface area contributed by atoms with E-state index in [1.807, 2.05) is 13.2 Å². The molecule has 136 valence electrons. The minimum atomic E-state index is -3.71. The van der Waals surface area contributed by atoms with Crippen molar-refractivity contribution in [2.24, 2.45) is 7.05 Å². The summed E-state index contributed by atoms with van der Waals surface area (Å²) < 4.78 is 28.1. The Morgan fingerprint density at radius 3 is 2.38 bits per heavy atom. The van der Waals surface area contributed by atoms with Crippen molar-refractivity contribution in [2.75, 3.05) is 0 Å². The van der Waals surface area contributed by atoms with E-state index in [-0.39, 0.29) is 17.3 Å². The van der Waals surface area contributed by atoms with Gasteiger partial charge in [0.1, 0.15) is 0 Å². The molecule has 0 spiro atoms. The predicted octanol–water partition coefficient (Wildman–Crippen LogP) is 3.33. The number of hydrogen-bond donors (Lipinski definition) is 0. The van der Waals surface area contributed by atoms with Crippen molar-refractivity contribution >= 4 is 45.3 Å². The molecule has 0 unspecified atom stereocenters. The van der Waals surface area contributed by atoms with E-state index >= 15 is 0 Å². The second kappa shape index (κ2) is 7.90. The molecule has 0 saturated heterocycles. The summed E-state index contributed by atoms with van der Waals surface area (Å²) in [6, 6.07) is 8.16. The summed E-state index contributed by atoms with van der Waals surface area (Å²) in [4.78, 5) is 10.9. The van der Waals surface area contributed by atoms with E-state index in [1.165, 1.54) is 18.5 Å². The van der Waals surface area contributed by atoms with Crippen LogP contribution >= 0.6 is 24.0 Å². The molecule has 0 aliphatic heterocycles. The first-order chi connectivity index (χ1) is 11.9. The molecule has 0 amide bonds. The SMILES string of the molecule is Cl.Cn1cc(-c2ccc(S(=O)(=O)n3ccc(C=CC(=O)Cl)c3)cc2)cn1. The van der Waals surface area contributed by atoms with Crippen molar-refractivity contribution < 1.29 is 13.2 Å². The lowest BCUT2D eigenvalue weighted by molar-refractivity contribution is -0.107. The van der Waals surface area contributed by atoms with Gasteiger partial charge >= 0.3 is 0 Å². The van der Waals surface area contributed by atoms with Crippen LogP contribution in [0, 0.1) is 0 Å². The average Bonchev–Trinajstić information content (AvgIpc) is 3.22. The summed E-state index contributed by atoms with van der Waals surface area (Å²) in [5.41, 5.74) is 2.35. The molecule has 6 nitrogen and oxygen atoms in total. The van der Waals surface area contributed by atoms with Gasteiger partial charge in [0, 0.05) is 31.2 Å². The molecule has 26 heavy (non-hydrogen) atoms. The number of allylic oxidation sites excluding steroid dienone is 1. The Hall–Kier alpha value is -2.35. The summed E-state index contributed by atoms with van der Waals surface area (Å²) in [5.74, 6) is 0. The molecule has 0 aliphatic rings. The normalized spacial score (nSPS) is 11.5. The van der Waals surface area contributed by atoms with Crippen LogP contribution in [0.3, 0.4) is 0 Å². The van der Waals surface area contributed by atoms with E-state index in [4.69, 9.17) is 11.6 Å². The number of halogens is 2. The maximum atomic E-state index is 12.7. The van der Waals surface area contributed by atoms with Crippen molar-refractivity contribution in [2.45, 2.75) is 4.90 Å². The molecule has 0 atom stereocenters. The standard InChI is InChI=1S/C17H14ClN3O3S.ClH/c1-20-12-15(10-19-20)14-3-5-16(6-4-14)25(23,24)21-9-8-13(11-21)2-7-17(18)22;/h2-12H,1H3;1H. The molecular formula is C17H15Cl2N3O3S. The van der Waals surface area contributed by atoms with Crippen LogP contribution in [0.25, 0.3) is 17.2 Å². The maximum absolute atomic E-state index is 12.7. The van der Waals surface area contributed by atoms with Crippen LogP contribution in [0.4, 0.5) is 0 Å². The predicted molar refractivity (Wildman–Crippen MR) is 103 cm³/mol. The Labute approximate surface area is 162 Å². The molecule has 2 aromatic heterocycles. The zero-order valence-electron chi connectivity index (χ0n) is 13.6. The molecule has 2 heterocycles. The summed E-state index contributed by atoms with van der Waals surface area (Å²) >= 11 is 5.23. The molecule has 0 N–H and O–H groups in total. The first-order valence-electron chi connectivity index (χ1n) is 7.26. The molecule has 0 bridgehead atoms. The number of aryl methyl sites for hydroxylation is 1. The fourth-order valence-corrected chi connectivity index (χ4v) is 3.58. The van der Waals surface area contributed by atoms with Gasteiger partial charge in [-0.25, -0.2) is 12.4 Å². The highest BCUT2D eigenvalue weighted by Crippen LogP contribution is 2.22. The largest absolute Gasteiger partial charge is 0.276 e. The fourth-order valence-electron chi connectivity index (χ4n) is 2.31. The second-order valence-corrected chi connectivity index (χ2v) is 7.56. The molecule has 3 aromatic rings. The van der Waals surface area contributed by atoms with Gasteiger partial charge in [-0.15, -0.1) is 12.4 Å². The lowest BCUT2D eigenvalue weighted by atomic mass is 10.1. The third-order valence-corrected chi connectivity index (χ3v) is 5.34. The van der Waals surface area contributed by atoms with E-state index in [0.29, 0.717) is 5.56 Å². The first-order valence-corrected chi connectivity index (χ1v) is 9.08. The van der Waals surface area contributed by atoms with Crippen LogP contribution in [0.15, 0.2) is 66.1 Å². The minimum Gasteiger partial charge on any atom is -0.276 e. The number of aromatic nitrogens is 3. The molecule has 9 heteroatoms. The quantitative estimate of drug-likeness (QED) is 0.476. The van der Waals surface area contributed by atoms with E-state index in [1.54, 1.807) is 41.2 Å². The van der Waals surface area contributed by atoms with Crippen LogP contribution in [-0.4, -0.2) is 27.4 Å². The molecule has 0 radical (unpaired) electrons. The zero-order chi connectivity index (χ0) is 18.0. The first kappa shape index (κ1) is 20.0. The van der Waals surface area contributed by atoms with Crippen molar-refractivity contribution in [3.63, 3.8) is 0 Å². The topological polar surface area (TPSA) is 74.0 Å². The van der Waals surface area contributed by atoms with Gasteiger partial charge in [-0.1, -0.05) is 12.1 Å². The molecule has 0 aliphatic carbocycles. The summed E-state index contributed by atoms with van der Waals surface area (Å²) in [6.07, 6.45) is 9.02. The Kier molecular flexibility index (Phi) is 6.07. The smallest absolute Gasteiger partial charge is 0.267 e. The third kappa shape index (κ3) is 4.24. The lowest BCUT2D eigenvalue weighted by Crippen LogP contribution is -2.10. The Bertz CT molecular complexity index is 1050. The van der Waals surface area contributed by atoms with Crippen molar-refractivity contribution in [1.82, 2.24) is 13.8 Å². The van der Waals surface area contributed by atoms with E-state index in [0.717, 1.165) is 21.2 Å². The van der Waals surface area contributed by atoms with Crippen LogP contribution in [0.5, 0.6) is 0 Å². The second-order valence-electron chi connectivity index (χ2n) is 5.34. The number of nitrogens with zero attached hydrogens (tertiary/aromatic N) is 3. The molecule has 1 aromatic carbocycles. The van der Waals surface area contributed by atoms with E-state index in [9.17, 15) is 13.2 Å². The maximum Gasteiger partial charge on any atom is 0.267 e. The highest BCUT2D eigenvalue weighted by Gasteiger charge is 2.16. The number of hydrogen-bond acceptors (Lipinski definition) is 4. The van der Waals surface area contributed by atoms with Gasteiger partial charge in [0.15, 0.2) is 0 Å². The van der Waals surface area contributed by atoms with E-state index in [2.05, 4.69) is 5.10 Å². The Morgan fingerprint density at radius 1 is 1.12 bits per heavy atom. The monoisotopic (exact) mass is 411 g/mol. The van der Waals surface area contributed by atoms with Gasteiger partial charge in [0.2, 0.25) is 5.24 Å². The van der Waals surface area contributed by atoms with Gasteiger partial charge < -0.3 is 0 Å². The van der Waals surface area contributed by atoms with Crippen LogP contribution in [-0.2, 0) is 21.9 Å². The van der Waals surface area contributed by atoms with Gasteiger partial charge in [-0.2, -0.15) is 5.10 Å². The Balaban J connectivity index is 0.00000243. The van der Waals surface area contributed by atoms with Gasteiger partial charge in [-0.05, 0) is 53.1 Å². The zero-order valence-corrected chi connectivity index (χ0v) is 16.0. The van der Waals surface area contributed by atoms with Gasteiger partial charge in [0.25, 0.3) is 10.0 Å². The van der Waals surface area contributed by atoms with Crippen molar-refractivity contribution in [1.29, 1.82) is 0 Å². The van der Waals surface area contributed by atoms with E-state index < -0.39 is 15.3 Å². The number of carbonyl (C=O) groups excluding carboxylic acids is 1. The van der Waals surface area contributed by atoms with Crippen LogP contribution in [0.2, 0.25) is 0 Å². The molecule has 0 fully saturated rings. The highest BCUT2D eigenvalue weighted by molar-refractivity contribution is 7.90. The minimum absolute atomic E-state index is 0. The summed E-state index contributed by atoms with van der Waals surface area (Å²) in [5, 5.41) is 3.48. The van der Waals surface area contributed by atoms with Crippen molar-refractivity contribution in [3.05, 3.63) is 66.8 Å². The number of rotatable bonds is 5. The Morgan fingerprint density at radius 2 is 1.81 bits per heavy atom.